The predicted octanol–water partition coefficient (Wildman–Crippen LogP) is 3.85. The number of anilines is 1. The Balaban J connectivity index is 1.99. The molecule has 2 aromatic rings. The zero-order chi connectivity index (χ0) is 18.4. The highest BCUT2D eigenvalue weighted by Gasteiger charge is 2.15. The Hall–Kier alpha value is -2.08. The van der Waals surface area contributed by atoms with Crippen LogP contribution in [-0.4, -0.2) is 37.5 Å². The topological polar surface area (TPSA) is 58.6 Å². The molecule has 1 N–H and O–H groups in total. The number of halogens is 2. The molecule has 0 fully saturated rings. The summed E-state index contributed by atoms with van der Waals surface area (Å²) in [5.41, 5.74) is 1.59. The standard InChI is InChI=1S/C18H18Cl2N2O3/c1-22(10-12-7-8-13(19)9-15(12)20)11-17(23)21-16-6-4-3-5-14(16)18(24)25-2/h3-9H,10-11H2,1-2H3,(H,21,23). The summed E-state index contributed by atoms with van der Waals surface area (Å²) in [5.74, 6) is -0.749. The van der Waals surface area contributed by atoms with E-state index in [0.717, 1.165) is 5.56 Å². The monoisotopic (exact) mass is 380 g/mol. The summed E-state index contributed by atoms with van der Waals surface area (Å²) in [7, 11) is 3.10. The number of nitrogens with one attached hydrogen (secondary N) is 1. The van der Waals surface area contributed by atoms with Crippen LogP contribution in [-0.2, 0) is 16.1 Å². The first-order chi connectivity index (χ1) is 11.9. The Morgan fingerprint density at radius 2 is 1.88 bits per heavy atom. The van der Waals surface area contributed by atoms with Gasteiger partial charge in [0, 0.05) is 16.6 Å². The summed E-state index contributed by atoms with van der Waals surface area (Å²) in [6, 6.07) is 11.9. The zero-order valence-electron chi connectivity index (χ0n) is 13.9. The number of hydrogen-bond donors (Lipinski definition) is 1. The first-order valence-electron chi connectivity index (χ1n) is 7.50. The Morgan fingerprint density at radius 3 is 2.56 bits per heavy atom. The lowest BCUT2D eigenvalue weighted by atomic mass is 10.2. The summed E-state index contributed by atoms with van der Waals surface area (Å²) in [4.78, 5) is 25.8. The molecule has 0 saturated heterocycles. The van der Waals surface area contributed by atoms with Gasteiger partial charge in [-0.15, -0.1) is 0 Å². The number of ether oxygens (including phenoxy) is 1. The molecule has 5 nitrogen and oxygen atoms in total. The predicted molar refractivity (Wildman–Crippen MR) is 99.2 cm³/mol. The summed E-state index contributed by atoms with van der Waals surface area (Å²) in [5, 5.41) is 3.85. The van der Waals surface area contributed by atoms with Crippen LogP contribution in [0.2, 0.25) is 10.0 Å². The molecule has 0 heterocycles. The lowest BCUT2D eigenvalue weighted by Gasteiger charge is -2.18. The van der Waals surface area contributed by atoms with Crippen molar-refractivity contribution in [2.75, 3.05) is 26.0 Å². The molecule has 0 aliphatic heterocycles. The number of amides is 1. The van der Waals surface area contributed by atoms with E-state index in [9.17, 15) is 9.59 Å². The molecule has 0 radical (unpaired) electrons. The number of hydrogen-bond acceptors (Lipinski definition) is 4. The zero-order valence-corrected chi connectivity index (χ0v) is 15.4. The fraction of sp³-hybridized carbons (Fsp3) is 0.222. The molecule has 0 spiro atoms. The molecule has 2 aromatic carbocycles. The molecule has 0 bridgehead atoms. The van der Waals surface area contributed by atoms with Crippen molar-refractivity contribution in [1.29, 1.82) is 0 Å². The van der Waals surface area contributed by atoms with Gasteiger partial charge in [0.25, 0.3) is 0 Å². The molecular weight excluding hydrogens is 363 g/mol. The molecule has 132 valence electrons. The summed E-state index contributed by atoms with van der Waals surface area (Å²) in [6.07, 6.45) is 0. The van der Waals surface area contributed by atoms with Crippen LogP contribution in [0.4, 0.5) is 5.69 Å². The normalized spacial score (nSPS) is 10.6. The van der Waals surface area contributed by atoms with E-state index in [4.69, 9.17) is 27.9 Å². The van der Waals surface area contributed by atoms with Crippen LogP contribution in [0.1, 0.15) is 15.9 Å². The number of likely N-dealkylation sites (N-methyl/N-ethyl adjacent to an activating group) is 1. The fourth-order valence-electron chi connectivity index (χ4n) is 2.31. The van der Waals surface area contributed by atoms with Gasteiger partial charge in [0.1, 0.15) is 0 Å². The summed E-state index contributed by atoms with van der Waals surface area (Å²) >= 11 is 12.0. The van der Waals surface area contributed by atoms with E-state index in [1.54, 1.807) is 43.4 Å². The second kappa shape index (κ2) is 8.85. The number of nitrogens with zero attached hydrogens (tertiary/aromatic N) is 1. The highest BCUT2D eigenvalue weighted by Crippen LogP contribution is 2.22. The maximum absolute atomic E-state index is 12.3. The van der Waals surface area contributed by atoms with Gasteiger partial charge in [-0.1, -0.05) is 41.4 Å². The van der Waals surface area contributed by atoms with Crippen LogP contribution in [0.25, 0.3) is 0 Å². The van der Waals surface area contributed by atoms with Gasteiger partial charge in [-0.2, -0.15) is 0 Å². The van der Waals surface area contributed by atoms with Crippen molar-refractivity contribution >= 4 is 40.8 Å². The smallest absolute Gasteiger partial charge is 0.339 e. The number of rotatable bonds is 6. The van der Waals surface area contributed by atoms with E-state index in [0.29, 0.717) is 27.8 Å². The second-order valence-electron chi connectivity index (χ2n) is 5.49. The third-order valence-electron chi connectivity index (χ3n) is 3.48. The summed E-state index contributed by atoms with van der Waals surface area (Å²) < 4.78 is 4.72. The largest absolute Gasteiger partial charge is 0.465 e. The molecule has 2 rings (SSSR count). The maximum Gasteiger partial charge on any atom is 0.339 e. The molecule has 0 saturated carbocycles. The van der Waals surface area contributed by atoms with E-state index in [2.05, 4.69) is 5.32 Å². The average Bonchev–Trinajstić information content (AvgIpc) is 2.57. The number of methoxy groups -OCH3 is 1. The van der Waals surface area contributed by atoms with Crippen molar-refractivity contribution in [2.24, 2.45) is 0 Å². The van der Waals surface area contributed by atoms with E-state index in [1.165, 1.54) is 7.11 Å². The minimum atomic E-state index is -0.503. The third kappa shape index (κ3) is 5.46. The first kappa shape index (κ1) is 19.2. The minimum Gasteiger partial charge on any atom is -0.465 e. The average molecular weight is 381 g/mol. The van der Waals surface area contributed by atoms with E-state index >= 15 is 0 Å². The number of benzene rings is 2. The maximum atomic E-state index is 12.3. The Labute approximate surface area is 156 Å². The van der Waals surface area contributed by atoms with Crippen LogP contribution < -0.4 is 5.32 Å². The number of carbonyl (C=O) groups is 2. The molecular formula is C18H18Cl2N2O3. The van der Waals surface area contributed by atoms with Gasteiger partial charge in [-0.05, 0) is 36.9 Å². The highest BCUT2D eigenvalue weighted by atomic mass is 35.5. The van der Waals surface area contributed by atoms with Crippen LogP contribution in [0.15, 0.2) is 42.5 Å². The summed E-state index contributed by atoms with van der Waals surface area (Å²) in [6.45, 7) is 0.622. The van der Waals surface area contributed by atoms with Crippen LogP contribution in [0.5, 0.6) is 0 Å². The quantitative estimate of drug-likeness (QED) is 0.773. The van der Waals surface area contributed by atoms with E-state index < -0.39 is 5.97 Å². The van der Waals surface area contributed by atoms with Crippen molar-refractivity contribution in [3.8, 4) is 0 Å². The highest BCUT2D eigenvalue weighted by molar-refractivity contribution is 6.35. The van der Waals surface area contributed by atoms with Crippen molar-refractivity contribution in [1.82, 2.24) is 4.90 Å². The molecule has 25 heavy (non-hydrogen) atoms. The van der Waals surface area contributed by atoms with Gasteiger partial charge >= 0.3 is 5.97 Å². The number of para-hydroxylation sites is 1. The molecule has 0 aliphatic rings. The lowest BCUT2D eigenvalue weighted by Crippen LogP contribution is -2.30. The number of esters is 1. The Bertz CT molecular complexity index is 781. The fourth-order valence-corrected chi connectivity index (χ4v) is 2.78. The molecule has 1 amide bonds. The van der Waals surface area contributed by atoms with Gasteiger partial charge in [0.2, 0.25) is 5.91 Å². The Morgan fingerprint density at radius 1 is 1.16 bits per heavy atom. The van der Waals surface area contributed by atoms with Crippen molar-refractivity contribution < 1.29 is 14.3 Å². The molecule has 0 aromatic heterocycles. The molecule has 7 heteroatoms. The van der Waals surface area contributed by atoms with Gasteiger partial charge in [0.05, 0.1) is 24.9 Å². The van der Waals surface area contributed by atoms with Crippen LogP contribution >= 0.6 is 23.2 Å². The van der Waals surface area contributed by atoms with Gasteiger partial charge in [-0.3, -0.25) is 9.69 Å². The van der Waals surface area contributed by atoms with Gasteiger partial charge in [0.15, 0.2) is 0 Å². The Kier molecular flexibility index (Phi) is 6.82. The van der Waals surface area contributed by atoms with Crippen molar-refractivity contribution in [3.63, 3.8) is 0 Å². The SMILES string of the molecule is COC(=O)c1ccccc1NC(=O)CN(C)Cc1ccc(Cl)cc1Cl. The van der Waals surface area contributed by atoms with Crippen LogP contribution in [0.3, 0.4) is 0 Å². The van der Waals surface area contributed by atoms with Crippen LogP contribution in [0, 0.1) is 0 Å². The molecule has 0 unspecified atom stereocenters. The number of carbonyl (C=O) groups excluding carboxylic acids is 2. The minimum absolute atomic E-state index is 0.133. The third-order valence-corrected chi connectivity index (χ3v) is 4.06. The second-order valence-corrected chi connectivity index (χ2v) is 6.34. The van der Waals surface area contributed by atoms with Gasteiger partial charge < -0.3 is 10.1 Å². The lowest BCUT2D eigenvalue weighted by molar-refractivity contribution is -0.117. The van der Waals surface area contributed by atoms with E-state index in [1.807, 2.05) is 11.0 Å². The van der Waals surface area contributed by atoms with Crippen molar-refractivity contribution in [2.45, 2.75) is 6.54 Å². The van der Waals surface area contributed by atoms with E-state index in [-0.39, 0.29) is 12.5 Å². The van der Waals surface area contributed by atoms with Crippen molar-refractivity contribution in [3.05, 3.63) is 63.6 Å². The van der Waals surface area contributed by atoms with Gasteiger partial charge in [-0.25, -0.2) is 4.79 Å². The molecule has 0 atom stereocenters. The molecule has 0 aliphatic carbocycles. The first-order valence-corrected chi connectivity index (χ1v) is 8.26.